The van der Waals surface area contributed by atoms with Gasteiger partial charge in [-0.25, -0.2) is 0 Å². The molecule has 3 nitrogen and oxygen atoms in total. The number of nitrogens with two attached hydrogens (primary N) is 1. The molecule has 0 aromatic heterocycles. The van der Waals surface area contributed by atoms with Crippen LogP contribution in [0.3, 0.4) is 0 Å². The van der Waals surface area contributed by atoms with Gasteiger partial charge < -0.3 is 14.9 Å². The van der Waals surface area contributed by atoms with E-state index in [2.05, 4.69) is 41.5 Å². The Morgan fingerprint density at radius 2 is 1.50 bits per heavy atom. The zero-order valence-corrected chi connectivity index (χ0v) is 15.8. The van der Waals surface area contributed by atoms with E-state index in [1.165, 1.54) is 0 Å². The summed E-state index contributed by atoms with van der Waals surface area (Å²) in [5, 5.41) is 0. The largest absolute Gasteiger partial charge is 0.540 e. The lowest BCUT2D eigenvalue weighted by Crippen LogP contribution is -2.50. The van der Waals surface area contributed by atoms with Crippen molar-refractivity contribution in [1.29, 1.82) is 0 Å². The minimum absolute atomic E-state index is 0.360. The Hall–Kier alpha value is -1.16. The van der Waals surface area contributed by atoms with Crippen molar-refractivity contribution in [3.05, 3.63) is 18.2 Å². The summed E-state index contributed by atoms with van der Waals surface area (Å²) >= 11 is 0. The van der Waals surface area contributed by atoms with Crippen LogP contribution < -0.4 is 14.9 Å². The molecule has 2 rings (SSSR count). The summed E-state index contributed by atoms with van der Waals surface area (Å²) in [6, 6.07) is 5.80. The highest BCUT2D eigenvalue weighted by molar-refractivity contribution is 6.78. The molecule has 4 heteroatoms. The van der Waals surface area contributed by atoms with E-state index in [9.17, 15) is 0 Å². The van der Waals surface area contributed by atoms with Gasteiger partial charge in [0.15, 0.2) is 5.75 Å². The molecular formula is C18H31NO2Si. The third kappa shape index (κ3) is 3.42. The van der Waals surface area contributed by atoms with Crippen LogP contribution in [0, 0.1) is 0 Å². The van der Waals surface area contributed by atoms with Crippen molar-refractivity contribution in [1.82, 2.24) is 0 Å². The predicted octanol–water partition coefficient (Wildman–Crippen LogP) is 5.36. The van der Waals surface area contributed by atoms with Crippen LogP contribution >= 0.6 is 0 Å². The molecule has 1 fully saturated rings. The number of nitrogen functional groups attached to an aromatic ring is 1. The summed E-state index contributed by atoms with van der Waals surface area (Å²) in [5.41, 5.74) is 8.33. The van der Waals surface area contributed by atoms with Gasteiger partial charge in [0.25, 0.3) is 8.32 Å². The maximum atomic E-state index is 6.76. The van der Waals surface area contributed by atoms with E-state index in [4.69, 9.17) is 14.9 Å². The number of anilines is 1. The zero-order valence-electron chi connectivity index (χ0n) is 14.8. The van der Waals surface area contributed by atoms with Gasteiger partial charge in [0.05, 0.1) is 6.10 Å². The van der Waals surface area contributed by atoms with Gasteiger partial charge in [-0.1, -0.05) is 41.5 Å². The quantitative estimate of drug-likeness (QED) is 0.543. The molecule has 0 saturated heterocycles. The third-order valence-corrected chi connectivity index (χ3v) is 10.8. The zero-order chi connectivity index (χ0) is 16.5. The van der Waals surface area contributed by atoms with Crippen LogP contribution in [0.25, 0.3) is 0 Å². The number of ether oxygens (including phenoxy) is 1. The first-order chi connectivity index (χ1) is 10.3. The fourth-order valence-electron chi connectivity index (χ4n) is 3.61. The maximum Gasteiger partial charge on any atom is 0.258 e. The van der Waals surface area contributed by atoms with Crippen molar-refractivity contribution in [3.63, 3.8) is 0 Å². The normalized spacial score (nSPS) is 15.7. The topological polar surface area (TPSA) is 44.5 Å². The molecule has 0 aliphatic heterocycles. The lowest BCUT2D eigenvalue weighted by molar-refractivity contribution is 0.291. The second kappa shape index (κ2) is 6.53. The Labute approximate surface area is 136 Å². The minimum atomic E-state index is -1.99. The highest BCUT2D eigenvalue weighted by Gasteiger charge is 2.47. The van der Waals surface area contributed by atoms with Gasteiger partial charge in [0, 0.05) is 11.8 Å². The van der Waals surface area contributed by atoms with E-state index >= 15 is 0 Å². The van der Waals surface area contributed by atoms with Crippen molar-refractivity contribution >= 4 is 14.0 Å². The van der Waals surface area contributed by atoms with Gasteiger partial charge in [-0.2, -0.15) is 0 Å². The van der Waals surface area contributed by atoms with E-state index in [1.807, 2.05) is 18.2 Å². The first-order valence-corrected chi connectivity index (χ1v) is 10.7. The van der Waals surface area contributed by atoms with Gasteiger partial charge in [-0.05, 0) is 41.6 Å². The standard InChI is InChI=1S/C18H31NO2Si/c1-12(2)22(13(3)4,14(5)6)21-18-11-15(19)7-10-17(18)20-16-8-9-16/h7,10-14,16H,8-9,19H2,1-6H3. The molecule has 0 spiro atoms. The SMILES string of the molecule is CC(C)[Si](Oc1cc(N)ccc1OC1CC1)(C(C)C)C(C)C. The van der Waals surface area contributed by atoms with Crippen molar-refractivity contribution in [2.75, 3.05) is 5.73 Å². The van der Waals surface area contributed by atoms with Crippen molar-refractivity contribution < 1.29 is 9.16 Å². The van der Waals surface area contributed by atoms with Crippen molar-refractivity contribution in [2.45, 2.75) is 77.1 Å². The van der Waals surface area contributed by atoms with Crippen LogP contribution in [0.15, 0.2) is 18.2 Å². The van der Waals surface area contributed by atoms with Gasteiger partial charge >= 0.3 is 0 Å². The Bertz CT molecular complexity index is 488. The molecule has 1 aliphatic rings. The molecular weight excluding hydrogens is 290 g/mol. The first-order valence-electron chi connectivity index (χ1n) is 8.52. The number of hydrogen-bond donors (Lipinski definition) is 1. The van der Waals surface area contributed by atoms with Crippen LogP contribution in [-0.4, -0.2) is 14.4 Å². The molecule has 1 aromatic carbocycles. The minimum Gasteiger partial charge on any atom is -0.540 e. The third-order valence-electron chi connectivity index (χ3n) is 4.78. The first kappa shape index (κ1) is 17.2. The monoisotopic (exact) mass is 321 g/mol. The fraction of sp³-hybridized carbons (Fsp3) is 0.667. The average molecular weight is 322 g/mol. The van der Waals surface area contributed by atoms with Crippen LogP contribution in [0.2, 0.25) is 16.6 Å². The van der Waals surface area contributed by atoms with E-state index in [0.717, 1.165) is 30.0 Å². The molecule has 0 amide bonds. The van der Waals surface area contributed by atoms with Crippen LogP contribution in [-0.2, 0) is 0 Å². The molecule has 22 heavy (non-hydrogen) atoms. The Kier molecular flexibility index (Phi) is 5.10. The van der Waals surface area contributed by atoms with Gasteiger partial charge in [-0.15, -0.1) is 0 Å². The Morgan fingerprint density at radius 3 is 1.95 bits per heavy atom. The van der Waals surface area contributed by atoms with Gasteiger partial charge in [0.2, 0.25) is 0 Å². The molecule has 0 atom stereocenters. The van der Waals surface area contributed by atoms with Crippen LogP contribution in [0.1, 0.15) is 54.4 Å². The molecule has 1 aromatic rings. The van der Waals surface area contributed by atoms with E-state index in [-0.39, 0.29) is 0 Å². The molecule has 2 N–H and O–H groups in total. The maximum absolute atomic E-state index is 6.76. The molecule has 124 valence electrons. The lowest BCUT2D eigenvalue weighted by atomic mass is 10.3. The number of hydrogen-bond acceptors (Lipinski definition) is 3. The molecule has 0 unspecified atom stereocenters. The highest BCUT2D eigenvalue weighted by Crippen LogP contribution is 2.45. The fourth-order valence-corrected chi connectivity index (χ4v) is 8.86. The lowest BCUT2D eigenvalue weighted by Gasteiger charge is -2.42. The van der Waals surface area contributed by atoms with Crippen LogP contribution in [0.5, 0.6) is 11.5 Å². The van der Waals surface area contributed by atoms with E-state index in [0.29, 0.717) is 22.7 Å². The molecule has 1 aliphatic carbocycles. The predicted molar refractivity (Wildman–Crippen MR) is 96.2 cm³/mol. The summed E-state index contributed by atoms with van der Waals surface area (Å²) in [5.74, 6) is 1.70. The van der Waals surface area contributed by atoms with Crippen molar-refractivity contribution in [2.24, 2.45) is 0 Å². The Morgan fingerprint density at radius 1 is 0.955 bits per heavy atom. The Balaban J connectivity index is 2.38. The number of benzene rings is 1. The number of rotatable bonds is 7. The molecule has 1 saturated carbocycles. The van der Waals surface area contributed by atoms with Gasteiger partial charge in [0.1, 0.15) is 5.75 Å². The summed E-state index contributed by atoms with van der Waals surface area (Å²) < 4.78 is 12.8. The highest BCUT2D eigenvalue weighted by atomic mass is 28.4. The summed E-state index contributed by atoms with van der Waals surface area (Å²) in [4.78, 5) is 0. The van der Waals surface area contributed by atoms with Gasteiger partial charge in [-0.3, -0.25) is 0 Å². The second-order valence-corrected chi connectivity index (χ2v) is 12.8. The van der Waals surface area contributed by atoms with Crippen LogP contribution in [0.4, 0.5) is 5.69 Å². The van der Waals surface area contributed by atoms with Crippen molar-refractivity contribution in [3.8, 4) is 11.5 Å². The molecule has 0 radical (unpaired) electrons. The summed E-state index contributed by atoms with van der Waals surface area (Å²) in [6.07, 6.45) is 2.65. The second-order valence-electron chi connectivity index (χ2n) is 7.44. The molecule has 0 heterocycles. The summed E-state index contributed by atoms with van der Waals surface area (Å²) in [6.45, 7) is 13.7. The summed E-state index contributed by atoms with van der Waals surface area (Å²) in [7, 11) is -1.99. The average Bonchev–Trinajstić information content (AvgIpc) is 3.21. The molecule has 0 bridgehead atoms. The smallest absolute Gasteiger partial charge is 0.258 e. The van der Waals surface area contributed by atoms with E-state index < -0.39 is 8.32 Å². The van der Waals surface area contributed by atoms with E-state index in [1.54, 1.807) is 0 Å².